The molecule has 0 spiro atoms. The van der Waals surface area contributed by atoms with E-state index in [-0.39, 0.29) is 5.91 Å². The number of rotatable bonds is 8. The average molecular weight is 530 g/mol. The number of carbonyl (C=O) groups excluding carboxylic acids is 1. The van der Waals surface area contributed by atoms with E-state index < -0.39 is 0 Å². The van der Waals surface area contributed by atoms with Crippen molar-refractivity contribution in [2.75, 3.05) is 68.7 Å². The van der Waals surface area contributed by atoms with Crippen molar-refractivity contribution in [3.05, 3.63) is 46.7 Å². The molecule has 1 saturated heterocycles. The summed E-state index contributed by atoms with van der Waals surface area (Å²) in [5.41, 5.74) is 2.64. The maximum atomic E-state index is 13.2. The number of aromatic nitrogens is 4. The standard InChI is InChI=1S/C23H28BrN7O3/c1-29(7-10-33-3)20-14-19(26-23(27-20)31-8-11-34-12-9-31)22(32)25-17-6-4-5-16(13-17)21-18(24)15-30(2)28-21/h4-6,13-15H,7-12H2,1-3H3,(H,25,32). The Morgan fingerprint density at radius 2 is 2.06 bits per heavy atom. The van der Waals surface area contributed by atoms with Crippen molar-refractivity contribution < 1.29 is 14.3 Å². The van der Waals surface area contributed by atoms with E-state index >= 15 is 0 Å². The van der Waals surface area contributed by atoms with Crippen LogP contribution in [0, 0.1) is 0 Å². The predicted octanol–water partition coefficient (Wildman–Crippen LogP) is 2.81. The Bertz CT molecular complexity index is 1150. The Labute approximate surface area is 207 Å². The molecule has 180 valence electrons. The summed E-state index contributed by atoms with van der Waals surface area (Å²) in [7, 11) is 5.44. The molecule has 1 aliphatic rings. The summed E-state index contributed by atoms with van der Waals surface area (Å²) < 4.78 is 13.3. The first-order valence-corrected chi connectivity index (χ1v) is 11.8. The summed E-state index contributed by atoms with van der Waals surface area (Å²) >= 11 is 3.54. The maximum absolute atomic E-state index is 13.2. The molecule has 1 N–H and O–H groups in total. The number of ether oxygens (including phenoxy) is 2. The number of nitrogens with one attached hydrogen (secondary N) is 1. The van der Waals surface area contributed by atoms with Gasteiger partial charge < -0.3 is 24.6 Å². The van der Waals surface area contributed by atoms with Crippen LogP contribution in [0.3, 0.4) is 0 Å². The van der Waals surface area contributed by atoms with E-state index in [0.29, 0.717) is 62.6 Å². The van der Waals surface area contributed by atoms with Gasteiger partial charge in [0.1, 0.15) is 17.2 Å². The van der Waals surface area contributed by atoms with Crippen LogP contribution in [0.5, 0.6) is 0 Å². The van der Waals surface area contributed by atoms with Gasteiger partial charge in [-0.2, -0.15) is 10.1 Å². The second-order valence-electron chi connectivity index (χ2n) is 7.96. The second kappa shape index (κ2) is 10.9. The number of amides is 1. The lowest BCUT2D eigenvalue weighted by atomic mass is 10.1. The van der Waals surface area contributed by atoms with Crippen molar-refractivity contribution in [2.24, 2.45) is 7.05 Å². The third-order valence-corrected chi connectivity index (χ3v) is 6.01. The first kappa shape index (κ1) is 24.1. The molecule has 0 unspecified atom stereocenters. The number of halogens is 1. The molecule has 34 heavy (non-hydrogen) atoms. The Morgan fingerprint density at radius 1 is 1.26 bits per heavy atom. The zero-order valence-electron chi connectivity index (χ0n) is 19.5. The zero-order chi connectivity index (χ0) is 24.1. The molecule has 0 radical (unpaired) electrons. The molecule has 0 bridgehead atoms. The van der Waals surface area contributed by atoms with Gasteiger partial charge in [0.2, 0.25) is 5.95 Å². The topological polar surface area (TPSA) is 97.6 Å². The molecule has 4 rings (SSSR count). The first-order chi connectivity index (χ1) is 16.4. The quantitative estimate of drug-likeness (QED) is 0.475. The van der Waals surface area contributed by atoms with Crippen LogP contribution in [0.2, 0.25) is 0 Å². The Hall–Kier alpha value is -3.02. The van der Waals surface area contributed by atoms with Crippen molar-refractivity contribution in [3.8, 4) is 11.3 Å². The highest BCUT2D eigenvalue weighted by atomic mass is 79.9. The van der Waals surface area contributed by atoms with Crippen LogP contribution in [-0.4, -0.2) is 79.3 Å². The maximum Gasteiger partial charge on any atom is 0.274 e. The minimum atomic E-state index is -0.310. The van der Waals surface area contributed by atoms with E-state index in [1.54, 1.807) is 17.9 Å². The van der Waals surface area contributed by atoms with Gasteiger partial charge >= 0.3 is 0 Å². The number of likely N-dealkylation sites (N-methyl/N-ethyl adjacent to an activating group) is 1. The number of benzene rings is 1. The molecule has 3 aromatic rings. The summed E-state index contributed by atoms with van der Waals surface area (Å²) in [6, 6.07) is 9.27. The molecule has 0 saturated carbocycles. The highest BCUT2D eigenvalue weighted by Gasteiger charge is 2.20. The molecule has 2 aromatic heterocycles. The van der Waals surface area contributed by atoms with Gasteiger partial charge in [-0.05, 0) is 28.1 Å². The smallest absolute Gasteiger partial charge is 0.274 e. The van der Waals surface area contributed by atoms with E-state index in [4.69, 9.17) is 14.5 Å². The second-order valence-corrected chi connectivity index (χ2v) is 8.81. The van der Waals surface area contributed by atoms with Crippen LogP contribution in [0.15, 0.2) is 41.0 Å². The Morgan fingerprint density at radius 3 is 2.76 bits per heavy atom. The first-order valence-electron chi connectivity index (χ1n) is 11.0. The van der Waals surface area contributed by atoms with E-state index in [1.165, 1.54) is 0 Å². The molecule has 0 aliphatic carbocycles. The predicted molar refractivity (Wildman–Crippen MR) is 135 cm³/mol. The molecule has 1 amide bonds. The lowest BCUT2D eigenvalue weighted by Gasteiger charge is -2.28. The van der Waals surface area contributed by atoms with Crippen LogP contribution in [-0.2, 0) is 16.5 Å². The van der Waals surface area contributed by atoms with Crippen molar-refractivity contribution in [2.45, 2.75) is 0 Å². The van der Waals surface area contributed by atoms with Crippen LogP contribution >= 0.6 is 15.9 Å². The monoisotopic (exact) mass is 529 g/mol. The van der Waals surface area contributed by atoms with Crippen LogP contribution in [0.25, 0.3) is 11.3 Å². The number of hydrogen-bond donors (Lipinski definition) is 1. The van der Waals surface area contributed by atoms with Crippen LogP contribution < -0.4 is 15.1 Å². The fraction of sp³-hybridized carbons (Fsp3) is 0.391. The average Bonchev–Trinajstić information content (AvgIpc) is 3.20. The number of anilines is 3. The van der Waals surface area contributed by atoms with E-state index in [1.807, 2.05) is 54.4 Å². The van der Waals surface area contributed by atoms with Crippen LogP contribution in [0.4, 0.5) is 17.5 Å². The number of nitrogens with zero attached hydrogens (tertiary/aromatic N) is 6. The van der Waals surface area contributed by atoms with Gasteiger partial charge in [-0.1, -0.05) is 12.1 Å². The number of carbonyl (C=O) groups is 1. The summed E-state index contributed by atoms with van der Waals surface area (Å²) in [5, 5.41) is 7.45. The SMILES string of the molecule is COCCN(C)c1cc(C(=O)Nc2cccc(-c3nn(C)cc3Br)c2)nc(N2CCOCC2)n1. The molecule has 10 nitrogen and oxygen atoms in total. The van der Waals surface area contributed by atoms with E-state index in [2.05, 4.69) is 31.3 Å². The number of hydrogen-bond acceptors (Lipinski definition) is 8. The van der Waals surface area contributed by atoms with Gasteiger partial charge in [0, 0.05) is 64.4 Å². The molecule has 3 heterocycles. The highest BCUT2D eigenvalue weighted by Crippen LogP contribution is 2.28. The zero-order valence-corrected chi connectivity index (χ0v) is 21.1. The van der Waals surface area contributed by atoms with E-state index in [9.17, 15) is 4.79 Å². The van der Waals surface area contributed by atoms with Gasteiger partial charge in [0.25, 0.3) is 5.91 Å². The van der Waals surface area contributed by atoms with Gasteiger partial charge in [-0.25, -0.2) is 4.98 Å². The van der Waals surface area contributed by atoms with Crippen LogP contribution in [0.1, 0.15) is 10.5 Å². The molecule has 11 heteroatoms. The van der Waals surface area contributed by atoms with Gasteiger partial charge in [-0.15, -0.1) is 0 Å². The van der Waals surface area contributed by atoms with E-state index in [0.717, 1.165) is 15.7 Å². The molecule has 0 atom stereocenters. The summed E-state index contributed by atoms with van der Waals surface area (Å²) in [6.07, 6.45) is 1.89. The normalized spacial score (nSPS) is 13.7. The molecular weight excluding hydrogens is 502 g/mol. The fourth-order valence-electron chi connectivity index (χ4n) is 3.58. The van der Waals surface area contributed by atoms with Crippen molar-refractivity contribution >= 4 is 39.3 Å². The Balaban J connectivity index is 1.60. The number of methoxy groups -OCH3 is 1. The summed E-state index contributed by atoms with van der Waals surface area (Å²) in [6.45, 7) is 3.73. The summed E-state index contributed by atoms with van der Waals surface area (Å²) in [4.78, 5) is 26.5. The highest BCUT2D eigenvalue weighted by molar-refractivity contribution is 9.10. The number of morpholine rings is 1. The van der Waals surface area contributed by atoms with Gasteiger partial charge in [0.15, 0.2) is 0 Å². The minimum Gasteiger partial charge on any atom is -0.383 e. The van der Waals surface area contributed by atoms with Crippen molar-refractivity contribution in [3.63, 3.8) is 0 Å². The third-order valence-electron chi connectivity index (χ3n) is 5.43. The van der Waals surface area contributed by atoms with Gasteiger partial charge in [-0.3, -0.25) is 9.48 Å². The van der Waals surface area contributed by atoms with Crippen molar-refractivity contribution in [1.29, 1.82) is 0 Å². The fourth-order valence-corrected chi connectivity index (χ4v) is 4.18. The molecule has 1 aromatic carbocycles. The van der Waals surface area contributed by atoms with Gasteiger partial charge in [0.05, 0.1) is 24.3 Å². The van der Waals surface area contributed by atoms with Crippen molar-refractivity contribution in [1.82, 2.24) is 19.7 Å². The minimum absolute atomic E-state index is 0.292. The third kappa shape index (κ3) is 5.72. The molecule has 1 aliphatic heterocycles. The lowest BCUT2D eigenvalue weighted by molar-refractivity contribution is 0.102. The number of aryl methyl sites for hydroxylation is 1. The molecular formula is C23H28BrN7O3. The summed E-state index contributed by atoms with van der Waals surface area (Å²) in [5.74, 6) is 0.863. The Kier molecular flexibility index (Phi) is 7.76. The lowest BCUT2D eigenvalue weighted by Crippen LogP contribution is -2.38. The molecule has 1 fully saturated rings. The largest absolute Gasteiger partial charge is 0.383 e.